The summed E-state index contributed by atoms with van der Waals surface area (Å²) in [6.07, 6.45) is 4.39. The number of ether oxygens (including phenoxy) is 3. The van der Waals surface area contributed by atoms with Crippen molar-refractivity contribution < 1.29 is 19.0 Å². The monoisotopic (exact) mass is 427 g/mol. The highest BCUT2D eigenvalue weighted by Crippen LogP contribution is 2.28. The Kier molecular flexibility index (Phi) is 9.18. The number of rotatable bonds is 11. The first-order chi connectivity index (χ1) is 14.8. The van der Waals surface area contributed by atoms with Crippen molar-refractivity contribution in [2.45, 2.75) is 45.6 Å². The number of benzene rings is 2. The Morgan fingerprint density at radius 1 is 1.00 bits per heavy atom. The number of nitrogens with one attached hydrogen (secondary N) is 1. The molecule has 2 rings (SSSR count). The van der Waals surface area contributed by atoms with E-state index in [1.54, 1.807) is 31.5 Å². The highest BCUT2D eigenvalue weighted by Gasteiger charge is 2.17. The number of hydrogen-bond acceptors (Lipinski definition) is 6. The SMILES string of the molecule is COc1cc(C(=O)NC(C)(C)C)ccc1OCCCCCOc1ccc(C=NN)cc1. The van der Waals surface area contributed by atoms with Crippen molar-refractivity contribution in [1.82, 2.24) is 5.32 Å². The fourth-order valence-electron chi connectivity index (χ4n) is 2.83. The van der Waals surface area contributed by atoms with Gasteiger partial charge in [0.05, 0.1) is 26.5 Å². The molecule has 3 N–H and O–H groups in total. The second kappa shape index (κ2) is 11.8. The van der Waals surface area contributed by atoms with Gasteiger partial charge in [-0.25, -0.2) is 0 Å². The number of methoxy groups -OCH3 is 1. The number of unbranched alkanes of at least 4 members (excludes halogenated alkanes) is 2. The summed E-state index contributed by atoms with van der Waals surface area (Å²) in [5.74, 6) is 7.00. The predicted molar refractivity (Wildman–Crippen MR) is 123 cm³/mol. The molecule has 2 aromatic rings. The third kappa shape index (κ3) is 8.58. The van der Waals surface area contributed by atoms with Gasteiger partial charge in [0.15, 0.2) is 11.5 Å². The van der Waals surface area contributed by atoms with E-state index in [9.17, 15) is 4.79 Å². The summed E-state index contributed by atoms with van der Waals surface area (Å²) in [6, 6.07) is 12.8. The van der Waals surface area contributed by atoms with Crippen molar-refractivity contribution in [1.29, 1.82) is 0 Å². The topological polar surface area (TPSA) is 95.2 Å². The molecule has 0 heterocycles. The van der Waals surface area contributed by atoms with Gasteiger partial charge in [0.2, 0.25) is 0 Å². The zero-order valence-corrected chi connectivity index (χ0v) is 18.8. The van der Waals surface area contributed by atoms with E-state index in [2.05, 4.69) is 10.4 Å². The van der Waals surface area contributed by atoms with E-state index in [0.717, 1.165) is 30.6 Å². The smallest absolute Gasteiger partial charge is 0.251 e. The van der Waals surface area contributed by atoms with Gasteiger partial charge in [0.25, 0.3) is 5.91 Å². The van der Waals surface area contributed by atoms with E-state index >= 15 is 0 Å². The molecule has 7 heteroatoms. The summed E-state index contributed by atoms with van der Waals surface area (Å²) in [6.45, 7) is 7.04. The van der Waals surface area contributed by atoms with E-state index in [4.69, 9.17) is 20.1 Å². The minimum Gasteiger partial charge on any atom is -0.494 e. The summed E-state index contributed by atoms with van der Waals surface area (Å²) in [7, 11) is 1.57. The minimum absolute atomic E-state index is 0.139. The second-order valence-electron chi connectivity index (χ2n) is 8.17. The lowest BCUT2D eigenvalue weighted by Crippen LogP contribution is -2.40. The molecule has 31 heavy (non-hydrogen) atoms. The molecule has 0 fully saturated rings. The van der Waals surface area contributed by atoms with Gasteiger partial charge in [-0.1, -0.05) is 0 Å². The van der Waals surface area contributed by atoms with Crippen LogP contribution in [0.15, 0.2) is 47.6 Å². The van der Waals surface area contributed by atoms with Gasteiger partial charge in [-0.15, -0.1) is 0 Å². The summed E-state index contributed by atoms with van der Waals surface area (Å²) < 4.78 is 17.0. The molecular formula is C24H33N3O4. The highest BCUT2D eigenvalue weighted by molar-refractivity contribution is 5.95. The Labute approximate surface area is 184 Å². The Hall–Kier alpha value is -3.22. The fourth-order valence-corrected chi connectivity index (χ4v) is 2.83. The molecule has 0 aromatic heterocycles. The van der Waals surface area contributed by atoms with E-state index < -0.39 is 0 Å². The Morgan fingerprint density at radius 3 is 2.29 bits per heavy atom. The highest BCUT2D eigenvalue weighted by atomic mass is 16.5. The zero-order valence-electron chi connectivity index (χ0n) is 18.8. The molecule has 0 radical (unpaired) electrons. The van der Waals surface area contributed by atoms with Gasteiger partial charge in [0.1, 0.15) is 5.75 Å². The Bertz CT molecular complexity index is 858. The molecule has 7 nitrogen and oxygen atoms in total. The van der Waals surface area contributed by atoms with Crippen molar-refractivity contribution in [3.05, 3.63) is 53.6 Å². The first-order valence-electron chi connectivity index (χ1n) is 10.4. The molecule has 0 unspecified atom stereocenters. The second-order valence-corrected chi connectivity index (χ2v) is 8.17. The van der Waals surface area contributed by atoms with Crippen LogP contribution in [0.1, 0.15) is 56.0 Å². The van der Waals surface area contributed by atoms with Crippen LogP contribution in [-0.4, -0.2) is 38.0 Å². The van der Waals surface area contributed by atoms with Crippen molar-refractivity contribution in [3.8, 4) is 17.2 Å². The minimum atomic E-state index is -0.300. The number of hydrogen-bond donors (Lipinski definition) is 2. The van der Waals surface area contributed by atoms with Crippen LogP contribution >= 0.6 is 0 Å². The molecule has 2 aromatic carbocycles. The van der Waals surface area contributed by atoms with Gasteiger partial charge < -0.3 is 25.4 Å². The third-order valence-corrected chi connectivity index (χ3v) is 4.33. The predicted octanol–water partition coefficient (Wildman–Crippen LogP) is 4.14. The molecule has 0 saturated heterocycles. The van der Waals surface area contributed by atoms with Crippen molar-refractivity contribution in [2.75, 3.05) is 20.3 Å². The maximum Gasteiger partial charge on any atom is 0.251 e. The van der Waals surface area contributed by atoms with E-state index in [0.29, 0.717) is 30.3 Å². The molecule has 0 aliphatic carbocycles. The maximum absolute atomic E-state index is 12.3. The van der Waals surface area contributed by atoms with Crippen LogP contribution in [0, 0.1) is 0 Å². The van der Waals surface area contributed by atoms with Crippen molar-refractivity contribution in [2.24, 2.45) is 10.9 Å². The normalized spacial score (nSPS) is 11.4. The molecule has 0 atom stereocenters. The van der Waals surface area contributed by atoms with Crippen LogP contribution in [0.4, 0.5) is 0 Å². The number of amides is 1. The number of carbonyl (C=O) groups excluding carboxylic acids is 1. The molecule has 1 amide bonds. The van der Waals surface area contributed by atoms with Crippen LogP contribution in [0.5, 0.6) is 17.2 Å². The number of hydrazone groups is 1. The lowest BCUT2D eigenvalue weighted by molar-refractivity contribution is 0.0919. The maximum atomic E-state index is 12.3. The molecule has 168 valence electrons. The zero-order chi connectivity index (χ0) is 22.7. The van der Waals surface area contributed by atoms with Gasteiger partial charge >= 0.3 is 0 Å². The summed E-state index contributed by atoms with van der Waals surface area (Å²) >= 11 is 0. The van der Waals surface area contributed by atoms with Crippen LogP contribution in [-0.2, 0) is 0 Å². The number of nitrogens with zero attached hydrogens (tertiary/aromatic N) is 1. The molecule has 0 spiro atoms. The standard InChI is InChI=1S/C24H33N3O4/c1-24(2,3)27-23(28)19-10-13-21(22(16-19)29-4)31-15-7-5-6-14-30-20-11-8-18(9-12-20)17-26-25/h8-13,16-17H,5-7,14-15,25H2,1-4H3,(H,27,28). The van der Waals surface area contributed by atoms with Gasteiger partial charge in [0, 0.05) is 11.1 Å². The first kappa shape index (κ1) is 24.1. The first-order valence-corrected chi connectivity index (χ1v) is 10.4. The lowest BCUT2D eigenvalue weighted by atomic mass is 10.1. The van der Waals surface area contributed by atoms with E-state index in [1.165, 1.54) is 0 Å². The number of nitrogens with two attached hydrogens (primary N) is 1. The molecule has 0 aliphatic heterocycles. The molecule has 0 bridgehead atoms. The average molecular weight is 428 g/mol. The van der Waals surface area contributed by atoms with Gasteiger partial charge in [-0.05, 0) is 88.1 Å². The summed E-state index contributed by atoms with van der Waals surface area (Å²) in [5, 5.41) is 6.43. The van der Waals surface area contributed by atoms with Gasteiger partial charge in [-0.2, -0.15) is 5.10 Å². The lowest BCUT2D eigenvalue weighted by Gasteiger charge is -2.21. The van der Waals surface area contributed by atoms with Crippen LogP contribution in [0.2, 0.25) is 0 Å². The molecule has 0 aliphatic rings. The fraction of sp³-hybridized carbons (Fsp3) is 0.417. The third-order valence-electron chi connectivity index (χ3n) is 4.33. The van der Waals surface area contributed by atoms with Crippen LogP contribution < -0.4 is 25.4 Å². The Morgan fingerprint density at radius 2 is 1.68 bits per heavy atom. The van der Waals surface area contributed by atoms with Crippen molar-refractivity contribution >= 4 is 12.1 Å². The van der Waals surface area contributed by atoms with Crippen LogP contribution in [0.25, 0.3) is 0 Å². The van der Waals surface area contributed by atoms with E-state index in [1.807, 2.05) is 45.0 Å². The van der Waals surface area contributed by atoms with Crippen molar-refractivity contribution in [3.63, 3.8) is 0 Å². The number of carbonyl (C=O) groups is 1. The van der Waals surface area contributed by atoms with Gasteiger partial charge in [-0.3, -0.25) is 4.79 Å². The largest absolute Gasteiger partial charge is 0.494 e. The quantitative estimate of drug-likeness (QED) is 0.243. The van der Waals surface area contributed by atoms with E-state index in [-0.39, 0.29) is 11.4 Å². The molecule has 0 saturated carbocycles. The summed E-state index contributed by atoms with van der Waals surface area (Å²) in [5.41, 5.74) is 1.18. The average Bonchev–Trinajstić information content (AvgIpc) is 2.73. The summed E-state index contributed by atoms with van der Waals surface area (Å²) in [4.78, 5) is 12.3. The Balaban J connectivity index is 1.71. The molecular weight excluding hydrogens is 394 g/mol. The van der Waals surface area contributed by atoms with Crippen LogP contribution in [0.3, 0.4) is 0 Å².